The minimum Gasteiger partial charge on any atom is -0.388 e. The molecule has 0 radical (unpaired) electrons. The second kappa shape index (κ2) is 8.27. The number of rotatable bonds is 7. The van der Waals surface area contributed by atoms with Gasteiger partial charge in [-0.15, -0.1) is 0 Å². The molecule has 0 amide bonds. The van der Waals surface area contributed by atoms with Gasteiger partial charge in [-0.25, -0.2) is 0 Å². The van der Waals surface area contributed by atoms with Crippen molar-refractivity contribution in [2.75, 3.05) is 20.1 Å². The van der Waals surface area contributed by atoms with Crippen LogP contribution in [0.1, 0.15) is 23.7 Å². The number of likely N-dealkylation sites (N-methyl/N-ethyl adjacent to an activating group) is 1. The van der Waals surface area contributed by atoms with Gasteiger partial charge in [0.15, 0.2) is 0 Å². The van der Waals surface area contributed by atoms with E-state index < -0.39 is 6.10 Å². The Morgan fingerprint density at radius 2 is 1.76 bits per heavy atom. The predicted molar refractivity (Wildman–Crippen MR) is 89.2 cm³/mol. The van der Waals surface area contributed by atoms with Gasteiger partial charge in [-0.3, -0.25) is 4.98 Å². The van der Waals surface area contributed by atoms with Crippen LogP contribution in [0, 0.1) is 0 Å². The number of benzene rings is 1. The predicted octanol–water partition coefficient (Wildman–Crippen LogP) is 3.44. The van der Waals surface area contributed by atoms with Crippen LogP contribution in [-0.2, 0) is 6.42 Å². The number of aromatic nitrogens is 1. The monoisotopic (exact) mass is 348 g/mol. The van der Waals surface area contributed by atoms with Gasteiger partial charge >= 0.3 is 0 Å². The molecule has 0 aliphatic rings. The first-order valence-corrected chi connectivity index (χ1v) is 7.95. The second-order valence-electron chi connectivity index (χ2n) is 5.26. The fourth-order valence-corrected chi connectivity index (χ4v) is 2.44. The van der Waals surface area contributed by atoms with E-state index in [1.165, 1.54) is 5.56 Å². The fourth-order valence-electron chi connectivity index (χ4n) is 2.18. The highest BCUT2D eigenvalue weighted by Crippen LogP contribution is 2.19. The number of hydrogen-bond donors (Lipinski definition) is 1. The number of pyridine rings is 1. The molecule has 0 fully saturated rings. The second-order valence-corrected chi connectivity index (χ2v) is 6.18. The topological polar surface area (TPSA) is 36.4 Å². The van der Waals surface area contributed by atoms with E-state index in [0.29, 0.717) is 0 Å². The van der Waals surface area contributed by atoms with Gasteiger partial charge in [0.2, 0.25) is 0 Å². The Labute approximate surface area is 134 Å². The molecule has 1 aromatic carbocycles. The summed E-state index contributed by atoms with van der Waals surface area (Å²) in [5.41, 5.74) is 2.27. The lowest BCUT2D eigenvalue weighted by molar-refractivity contribution is 0.149. The summed E-state index contributed by atoms with van der Waals surface area (Å²) in [5.74, 6) is 0. The van der Waals surface area contributed by atoms with Gasteiger partial charge in [-0.1, -0.05) is 28.1 Å². The smallest absolute Gasteiger partial charge is 0.0802 e. The Hall–Kier alpha value is -1.23. The number of hydrogen-bond acceptors (Lipinski definition) is 3. The van der Waals surface area contributed by atoms with Gasteiger partial charge in [0, 0.05) is 30.0 Å². The van der Waals surface area contributed by atoms with Crippen LogP contribution in [0.2, 0.25) is 0 Å². The lowest BCUT2D eigenvalue weighted by atomic mass is 10.1. The quantitative estimate of drug-likeness (QED) is 0.832. The first-order chi connectivity index (χ1) is 10.1. The molecule has 1 N–H and O–H groups in total. The Bertz CT molecular complexity index is 530. The third-order valence-corrected chi connectivity index (χ3v) is 4.10. The summed E-state index contributed by atoms with van der Waals surface area (Å²) in [6.45, 7) is 1.86. The summed E-state index contributed by atoms with van der Waals surface area (Å²) < 4.78 is 1.04. The molecular weight excluding hydrogens is 328 g/mol. The van der Waals surface area contributed by atoms with Crippen molar-refractivity contribution >= 4 is 15.9 Å². The van der Waals surface area contributed by atoms with Crippen LogP contribution in [0.15, 0.2) is 53.3 Å². The highest BCUT2D eigenvalue weighted by molar-refractivity contribution is 9.10. The van der Waals surface area contributed by atoms with E-state index >= 15 is 0 Å². The maximum Gasteiger partial charge on any atom is 0.0802 e. The normalized spacial score (nSPS) is 12.6. The molecule has 4 heteroatoms. The summed E-state index contributed by atoms with van der Waals surface area (Å²) >= 11 is 3.41. The molecule has 2 aromatic rings. The molecule has 0 aliphatic carbocycles. The summed E-state index contributed by atoms with van der Waals surface area (Å²) in [6.07, 6.45) is 5.00. The van der Waals surface area contributed by atoms with E-state index in [1.807, 2.05) is 48.8 Å². The molecule has 3 nitrogen and oxygen atoms in total. The van der Waals surface area contributed by atoms with Crippen molar-refractivity contribution in [2.24, 2.45) is 0 Å². The molecule has 21 heavy (non-hydrogen) atoms. The largest absolute Gasteiger partial charge is 0.388 e. The molecule has 1 heterocycles. The number of aliphatic hydroxyl groups is 1. The van der Waals surface area contributed by atoms with Crippen LogP contribution in [0.25, 0.3) is 0 Å². The lowest BCUT2D eigenvalue weighted by Gasteiger charge is -2.19. The van der Waals surface area contributed by atoms with Crippen molar-refractivity contribution in [2.45, 2.75) is 18.9 Å². The Balaban J connectivity index is 1.73. The van der Waals surface area contributed by atoms with Gasteiger partial charge in [-0.2, -0.15) is 0 Å². The molecule has 1 unspecified atom stereocenters. The summed E-state index contributed by atoms with van der Waals surface area (Å²) in [7, 11) is 2.09. The van der Waals surface area contributed by atoms with Crippen LogP contribution in [0.4, 0.5) is 0 Å². The Morgan fingerprint density at radius 3 is 2.43 bits per heavy atom. The van der Waals surface area contributed by atoms with Gasteiger partial charge < -0.3 is 10.0 Å². The molecule has 112 valence electrons. The maximum atomic E-state index is 10.2. The molecule has 1 aromatic heterocycles. The summed E-state index contributed by atoms with van der Waals surface area (Å²) in [4.78, 5) is 6.27. The highest BCUT2D eigenvalue weighted by Gasteiger charge is 2.09. The van der Waals surface area contributed by atoms with Gasteiger partial charge in [0.25, 0.3) is 0 Å². The van der Waals surface area contributed by atoms with E-state index in [4.69, 9.17) is 0 Å². The molecule has 0 bridgehead atoms. The summed E-state index contributed by atoms with van der Waals surface area (Å²) in [5, 5.41) is 10.2. The van der Waals surface area contributed by atoms with E-state index in [2.05, 4.69) is 32.9 Å². The number of aliphatic hydroxyl groups excluding tert-OH is 1. The van der Waals surface area contributed by atoms with E-state index in [0.717, 1.165) is 36.0 Å². The molecular formula is C17H21BrN2O. The van der Waals surface area contributed by atoms with E-state index in [9.17, 15) is 5.11 Å². The van der Waals surface area contributed by atoms with Crippen LogP contribution in [0.3, 0.4) is 0 Å². The SMILES string of the molecule is CN(CCc1ccncc1)CCC(O)c1ccc(Br)cc1. The van der Waals surface area contributed by atoms with E-state index in [1.54, 1.807) is 0 Å². The van der Waals surface area contributed by atoms with Crippen LogP contribution >= 0.6 is 15.9 Å². The minimum absolute atomic E-state index is 0.401. The average Bonchev–Trinajstić information content (AvgIpc) is 2.52. The number of nitrogens with zero attached hydrogens (tertiary/aromatic N) is 2. The van der Waals surface area contributed by atoms with Crippen LogP contribution < -0.4 is 0 Å². The minimum atomic E-state index is -0.401. The van der Waals surface area contributed by atoms with Gasteiger partial charge in [0.05, 0.1) is 6.10 Å². The first-order valence-electron chi connectivity index (χ1n) is 7.16. The van der Waals surface area contributed by atoms with Crippen molar-refractivity contribution < 1.29 is 5.11 Å². The third-order valence-electron chi connectivity index (χ3n) is 3.57. The zero-order chi connectivity index (χ0) is 15.1. The van der Waals surface area contributed by atoms with Crippen LogP contribution in [0.5, 0.6) is 0 Å². The van der Waals surface area contributed by atoms with Crippen LogP contribution in [-0.4, -0.2) is 35.1 Å². The number of halogens is 1. The Morgan fingerprint density at radius 1 is 1.10 bits per heavy atom. The van der Waals surface area contributed by atoms with Crippen molar-refractivity contribution in [1.29, 1.82) is 0 Å². The lowest BCUT2D eigenvalue weighted by Crippen LogP contribution is -2.23. The highest BCUT2D eigenvalue weighted by atomic mass is 79.9. The van der Waals surface area contributed by atoms with Crippen molar-refractivity contribution in [1.82, 2.24) is 9.88 Å². The molecule has 0 saturated carbocycles. The molecule has 0 spiro atoms. The van der Waals surface area contributed by atoms with Crippen molar-refractivity contribution in [3.63, 3.8) is 0 Å². The van der Waals surface area contributed by atoms with Gasteiger partial charge in [-0.05, 0) is 55.3 Å². The third kappa shape index (κ3) is 5.58. The fraction of sp³-hybridized carbons (Fsp3) is 0.353. The Kier molecular flexibility index (Phi) is 6.36. The van der Waals surface area contributed by atoms with E-state index in [-0.39, 0.29) is 0 Å². The molecule has 2 rings (SSSR count). The zero-order valence-electron chi connectivity index (χ0n) is 12.2. The van der Waals surface area contributed by atoms with Crippen molar-refractivity contribution in [3.8, 4) is 0 Å². The van der Waals surface area contributed by atoms with Crippen molar-refractivity contribution in [3.05, 3.63) is 64.4 Å². The first kappa shape index (κ1) is 16.1. The standard InChI is InChI=1S/C17H21BrN2O/c1-20(12-8-14-6-10-19-11-7-14)13-9-17(21)15-2-4-16(18)5-3-15/h2-7,10-11,17,21H,8-9,12-13H2,1H3. The summed E-state index contributed by atoms with van der Waals surface area (Å²) in [6, 6.07) is 11.9. The molecule has 1 atom stereocenters. The zero-order valence-corrected chi connectivity index (χ0v) is 13.8. The van der Waals surface area contributed by atoms with Gasteiger partial charge in [0.1, 0.15) is 0 Å². The molecule has 0 saturated heterocycles. The maximum absolute atomic E-state index is 10.2. The average molecular weight is 349 g/mol. The molecule has 0 aliphatic heterocycles.